The Morgan fingerprint density at radius 2 is 1.76 bits per heavy atom. The first-order valence-electron chi connectivity index (χ1n) is 9.50. The van der Waals surface area contributed by atoms with Gasteiger partial charge in [0.25, 0.3) is 0 Å². The lowest BCUT2D eigenvalue weighted by Gasteiger charge is -2.33. The molecular formula is C20H28Cl2N2O. The van der Waals surface area contributed by atoms with Crippen molar-refractivity contribution in [2.75, 3.05) is 19.6 Å². The van der Waals surface area contributed by atoms with Gasteiger partial charge in [0.15, 0.2) is 5.78 Å². The Morgan fingerprint density at radius 3 is 2.44 bits per heavy atom. The molecule has 2 aliphatic rings. The van der Waals surface area contributed by atoms with Gasteiger partial charge in [-0.3, -0.25) is 4.79 Å². The number of piperidine rings is 1. The van der Waals surface area contributed by atoms with Crippen LogP contribution >= 0.6 is 23.2 Å². The van der Waals surface area contributed by atoms with Crippen molar-refractivity contribution < 1.29 is 4.79 Å². The van der Waals surface area contributed by atoms with Crippen molar-refractivity contribution in [2.45, 2.75) is 51.0 Å². The lowest BCUT2D eigenvalue weighted by atomic mass is 9.84. The monoisotopic (exact) mass is 382 g/mol. The summed E-state index contributed by atoms with van der Waals surface area (Å²) in [7, 11) is 0. The quantitative estimate of drug-likeness (QED) is 0.744. The van der Waals surface area contributed by atoms with Crippen LogP contribution in [0.3, 0.4) is 0 Å². The largest absolute Gasteiger partial charge is 0.328 e. The second kappa shape index (κ2) is 8.85. The van der Waals surface area contributed by atoms with Crippen LogP contribution in [0.4, 0.5) is 0 Å². The molecular weight excluding hydrogens is 355 g/mol. The van der Waals surface area contributed by atoms with Crippen molar-refractivity contribution in [3.05, 3.63) is 33.8 Å². The standard InChI is InChI=1S/C20H28Cl2N2O/c21-16-3-6-19(22)18(13-16)20(25)15-8-11-24(12-9-15)10-7-14-1-4-17(23)5-2-14/h3,6,13-15,17H,1-2,4-5,7-12,23H2. The number of likely N-dealkylation sites (tertiary alicyclic amines) is 1. The van der Waals surface area contributed by atoms with Crippen molar-refractivity contribution in [3.63, 3.8) is 0 Å². The second-order valence-corrected chi connectivity index (χ2v) is 8.52. The minimum absolute atomic E-state index is 0.0693. The first kappa shape index (κ1) is 19.2. The molecule has 0 aromatic heterocycles. The number of nitrogens with zero attached hydrogens (tertiary/aromatic N) is 1. The summed E-state index contributed by atoms with van der Waals surface area (Å²) in [6.45, 7) is 3.15. The van der Waals surface area contributed by atoms with Gasteiger partial charge in [0.1, 0.15) is 0 Å². The zero-order valence-electron chi connectivity index (χ0n) is 14.7. The Labute approximate surface area is 160 Å². The summed E-state index contributed by atoms with van der Waals surface area (Å²) in [6, 6.07) is 5.56. The summed E-state index contributed by atoms with van der Waals surface area (Å²) in [5.41, 5.74) is 6.56. The second-order valence-electron chi connectivity index (χ2n) is 7.67. The van der Waals surface area contributed by atoms with Crippen LogP contribution < -0.4 is 5.73 Å². The minimum atomic E-state index is 0.0693. The Morgan fingerprint density at radius 1 is 1.08 bits per heavy atom. The highest BCUT2D eigenvalue weighted by Gasteiger charge is 2.27. The van der Waals surface area contributed by atoms with Gasteiger partial charge in [-0.25, -0.2) is 0 Å². The van der Waals surface area contributed by atoms with Gasteiger partial charge in [-0.1, -0.05) is 23.2 Å². The molecule has 0 atom stereocenters. The molecule has 1 aromatic carbocycles. The molecule has 1 aromatic rings. The summed E-state index contributed by atoms with van der Waals surface area (Å²) < 4.78 is 0. The lowest BCUT2D eigenvalue weighted by molar-refractivity contribution is 0.0833. The van der Waals surface area contributed by atoms with Gasteiger partial charge in [0, 0.05) is 22.5 Å². The number of hydrogen-bond donors (Lipinski definition) is 1. The summed E-state index contributed by atoms with van der Waals surface area (Å²) in [5, 5.41) is 1.07. The first-order valence-corrected chi connectivity index (χ1v) is 10.3. The maximum absolute atomic E-state index is 12.7. The molecule has 25 heavy (non-hydrogen) atoms. The van der Waals surface area contributed by atoms with Crippen molar-refractivity contribution in [1.29, 1.82) is 0 Å². The molecule has 0 spiro atoms. The highest BCUT2D eigenvalue weighted by molar-refractivity contribution is 6.36. The van der Waals surface area contributed by atoms with E-state index in [1.54, 1.807) is 18.2 Å². The van der Waals surface area contributed by atoms with Crippen LogP contribution in [0.1, 0.15) is 55.3 Å². The Kier molecular flexibility index (Phi) is 6.79. The number of carbonyl (C=O) groups excluding carboxylic acids is 1. The number of benzene rings is 1. The van der Waals surface area contributed by atoms with Gasteiger partial charge in [-0.05, 0) is 88.7 Å². The normalized spacial score (nSPS) is 25.9. The summed E-state index contributed by atoms with van der Waals surface area (Å²) in [4.78, 5) is 15.3. The first-order chi connectivity index (χ1) is 12.0. The molecule has 0 radical (unpaired) electrons. The van der Waals surface area contributed by atoms with Gasteiger partial charge in [-0.15, -0.1) is 0 Å². The summed E-state index contributed by atoms with van der Waals surface area (Å²) in [6.07, 6.45) is 8.02. The fourth-order valence-electron chi connectivity index (χ4n) is 4.17. The number of Topliss-reactive ketones (excluding diaryl/α,β-unsaturated/α-hetero) is 1. The summed E-state index contributed by atoms with van der Waals surface area (Å²) in [5.74, 6) is 1.05. The third kappa shape index (κ3) is 5.19. The predicted molar refractivity (Wildman–Crippen MR) is 105 cm³/mol. The molecule has 138 valence electrons. The number of ketones is 1. The van der Waals surface area contributed by atoms with E-state index in [9.17, 15) is 4.79 Å². The Bertz CT molecular complexity index is 591. The Hall–Kier alpha value is -0.610. The third-order valence-corrected chi connectivity index (χ3v) is 6.46. The number of halogens is 2. The molecule has 2 N–H and O–H groups in total. The summed E-state index contributed by atoms with van der Waals surface area (Å²) >= 11 is 12.2. The van der Waals surface area contributed by atoms with Crippen LogP contribution in [-0.4, -0.2) is 36.4 Å². The van der Waals surface area contributed by atoms with Gasteiger partial charge in [0.2, 0.25) is 0 Å². The molecule has 1 heterocycles. The fourth-order valence-corrected chi connectivity index (χ4v) is 4.55. The van der Waals surface area contributed by atoms with E-state index < -0.39 is 0 Å². The van der Waals surface area contributed by atoms with Crippen molar-refractivity contribution >= 4 is 29.0 Å². The van der Waals surface area contributed by atoms with Crippen LogP contribution in [0.25, 0.3) is 0 Å². The molecule has 3 rings (SSSR count). The molecule has 1 saturated carbocycles. The molecule has 5 heteroatoms. The van der Waals surface area contributed by atoms with Crippen LogP contribution in [0.15, 0.2) is 18.2 Å². The van der Waals surface area contributed by atoms with Crippen molar-refractivity contribution in [2.24, 2.45) is 17.6 Å². The third-order valence-electron chi connectivity index (χ3n) is 5.90. The predicted octanol–water partition coefficient (Wildman–Crippen LogP) is 4.80. The number of rotatable bonds is 5. The van der Waals surface area contributed by atoms with Crippen LogP contribution in [0.2, 0.25) is 10.0 Å². The molecule has 3 nitrogen and oxygen atoms in total. The van der Waals surface area contributed by atoms with Crippen molar-refractivity contribution in [1.82, 2.24) is 4.90 Å². The molecule has 1 aliphatic carbocycles. The molecule has 0 unspecified atom stereocenters. The number of carbonyl (C=O) groups is 1. The van der Waals surface area contributed by atoms with Crippen molar-refractivity contribution in [3.8, 4) is 0 Å². The van der Waals surface area contributed by atoms with E-state index in [0.717, 1.165) is 38.4 Å². The van der Waals surface area contributed by atoms with E-state index in [1.165, 1.54) is 32.1 Å². The van der Waals surface area contributed by atoms with E-state index in [1.807, 2.05) is 0 Å². The molecule has 2 fully saturated rings. The highest BCUT2D eigenvalue weighted by Crippen LogP contribution is 2.29. The SMILES string of the molecule is NC1CCC(CCN2CCC(C(=O)c3cc(Cl)ccc3Cl)CC2)CC1. The van der Waals surface area contributed by atoms with E-state index in [-0.39, 0.29) is 11.7 Å². The highest BCUT2D eigenvalue weighted by atomic mass is 35.5. The smallest absolute Gasteiger partial charge is 0.167 e. The number of hydrogen-bond acceptors (Lipinski definition) is 3. The van der Waals surface area contributed by atoms with Crippen LogP contribution in [-0.2, 0) is 0 Å². The zero-order chi connectivity index (χ0) is 17.8. The van der Waals surface area contributed by atoms with Gasteiger partial charge < -0.3 is 10.6 Å². The average molecular weight is 383 g/mol. The van der Waals surface area contributed by atoms with Crippen LogP contribution in [0.5, 0.6) is 0 Å². The van der Waals surface area contributed by atoms with Gasteiger partial charge >= 0.3 is 0 Å². The van der Waals surface area contributed by atoms with Gasteiger partial charge in [0.05, 0.1) is 5.02 Å². The minimum Gasteiger partial charge on any atom is -0.328 e. The lowest BCUT2D eigenvalue weighted by Crippen LogP contribution is -2.38. The van der Waals surface area contributed by atoms with Crippen LogP contribution in [0, 0.1) is 11.8 Å². The van der Waals surface area contributed by atoms with E-state index >= 15 is 0 Å². The molecule has 0 bridgehead atoms. The average Bonchev–Trinajstić information content (AvgIpc) is 2.63. The van der Waals surface area contributed by atoms with E-state index in [0.29, 0.717) is 21.7 Å². The Balaban J connectivity index is 1.45. The topological polar surface area (TPSA) is 46.3 Å². The maximum Gasteiger partial charge on any atom is 0.167 e. The molecule has 1 aliphatic heterocycles. The fraction of sp³-hybridized carbons (Fsp3) is 0.650. The van der Waals surface area contributed by atoms with E-state index in [4.69, 9.17) is 28.9 Å². The molecule has 1 saturated heterocycles. The maximum atomic E-state index is 12.7. The number of nitrogens with two attached hydrogens (primary N) is 1. The van der Waals surface area contributed by atoms with E-state index in [2.05, 4.69) is 4.90 Å². The zero-order valence-corrected chi connectivity index (χ0v) is 16.2. The van der Waals surface area contributed by atoms with Gasteiger partial charge in [-0.2, -0.15) is 0 Å². The molecule has 0 amide bonds.